The number of nitro benzene ring substituents is 1. The van der Waals surface area contributed by atoms with E-state index >= 15 is 0 Å². The fourth-order valence-corrected chi connectivity index (χ4v) is 4.29. The number of hydrogen-bond donors (Lipinski definition) is 1. The first kappa shape index (κ1) is 16.2. The molecule has 116 valence electrons. The molecule has 9 heteroatoms. The molecule has 0 aromatic heterocycles. The quantitative estimate of drug-likeness (QED) is 0.668. The summed E-state index contributed by atoms with van der Waals surface area (Å²) in [4.78, 5) is 9.97. The SMILES string of the molecule is O=[N+]([O-])c1cc(S(=O)(=O)N2CCCCC2CO)ccc1Cl. The highest BCUT2D eigenvalue weighted by Crippen LogP contribution is 2.30. The van der Waals surface area contributed by atoms with Gasteiger partial charge in [-0.2, -0.15) is 4.31 Å². The van der Waals surface area contributed by atoms with Crippen LogP contribution in [-0.2, 0) is 10.0 Å². The van der Waals surface area contributed by atoms with Crippen LogP contribution in [0.15, 0.2) is 23.1 Å². The fourth-order valence-electron chi connectivity index (χ4n) is 2.40. The van der Waals surface area contributed by atoms with Gasteiger partial charge in [0.25, 0.3) is 5.69 Å². The Kier molecular flexibility index (Phi) is 4.82. The summed E-state index contributed by atoms with van der Waals surface area (Å²) in [5, 5.41) is 20.1. The van der Waals surface area contributed by atoms with Crippen LogP contribution in [-0.4, -0.2) is 41.9 Å². The maximum absolute atomic E-state index is 12.6. The highest BCUT2D eigenvalue weighted by atomic mass is 35.5. The first-order chi connectivity index (χ1) is 9.87. The van der Waals surface area contributed by atoms with Crippen molar-refractivity contribution < 1.29 is 18.4 Å². The predicted molar refractivity (Wildman–Crippen MR) is 76.7 cm³/mol. The molecule has 1 fully saturated rings. The van der Waals surface area contributed by atoms with Gasteiger partial charge in [-0.1, -0.05) is 18.0 Å². The van der Waals surface area contributed by atoms with Gasteiger partial charge in [-0.3, -0.25) is 10.1 Å². The topological polar surface area (TPSA) is 101 Å². The summed E-state index contributed by atoms with van der Waals surface area (Å²) in [5.41, 5.74) is -0.449. The minimum atomic E-state index is -3.89. The lowest BCUT2D eigenvalue weighted by Crippen LogP contribution is -2.45. The van der Waals surface area contributed by atoms with Crippen LogP contribution >= 0.6 is 11.6 Å². The number of aliphatic hydroxyl groups is 1. The smallest absolute Gasteiger partial charge is 0.289 e. The summed E-state index contributed by atoms with van der Waals surface area (Å²) < 4.78 is 26.4. The number of sulfonamides is 1. The first-order valence-electron chi connectivity index (χ1n) is 6.44. The molecule has 0 aliphatic carbocycles. The molecule has 2 rings (SSSR count). The Hall–Kier alpha value is -1.22. The van der Waals surface area contributed by atoms with Crippen LogP contribution in [0.5, 0.6) is 0 Å². The van der Waals surface area contributed by atoms with E-state index in [4.69, 9.17) is 11.6 Å². The van der Waals surface area contributed by atoms with E-state index < -0.39 is 26.7 Å². The second-order valence-corrected chi connectivity index (χ2v) is 7.12. The second kappa shape index (κ2) is 6.27. The summed E-state index contributed by atoms with van der Waals surface area (Å²) in [6.07, 6.45) is 2.12. The Morgan fingerprint density at radius 1 is 1.43 bits per heavy atom. The minimum absolute atomic E-state index is 0.115. The van der Waals surface area contributed by atoms with Crippen LogP contribution in [0.2, 0.25) is 5.02 Å². The number of benzene rings is 1. The summed E-state index contributed by atoms with van der Waals surface area (Å²) in [6, 6.07) is 2.91. The lowest BCUT2D eigenvalue weighted by molar-refractivity contribution is -0.384. The molecular weight excluding hydrogens is 320 g/mol. The molecule has 1 unspecified atom stereocenters. The molecule has 1 heterocycles. The molecule has 21 heavy (non-hydrogen) atoms. The standard InChI is InChI=1S/C12H15ClN2O5S/c13-11-5-4-10(7-12(11)15(17)18)21(19,20)14-6-2-1-3-9(14)8-16/h4-5,7,9,16H,1-3,6,8H2. The van der Waals surface area contributed by atoms with Crippen molar-refractivity contribution in [1.29, 1.82) is 0 Å². The monoisotopic (exact) mass is 334 g/mol. The molecule has 0 amide bonds. The van der Waals surface area contributed by atoms with Gasteiger partial charge in [-0.15, -0.1) is 0 Å². The molecule has 7 nitrogen and oxygen atoms in total. The average molecular weight is 335 g/mol. The van der Waals surface area contributed by atoms with Crippen LogP contribution in [0, 0.1) is 10.1 Å². The van der Waals surface area contributed by atoms with Crippen molar-refractivity contribution in [1.82, 2.24) is 4.31 Å². The fraction of sp³-hybridized carbons (Fsp3) is 0.500. The Morgan fingerprint density at radius 2 is 2.14 bits per heavy atom. The van der Waals surface area contributed by atoms with Crippen molar-refractivity contribution in [3.05, 3.63) is 33.3 Å². The molecule has 0 spiro atoms. The molecule has 0 saturated carbocycles. The molecule has 0 radical (unpaired) electrons. The third kappa shape index (κ3) is 3.18. The molecule has 1 aromatic rings. The van der Waals surface area contributed by atoms with Crippen molar-refractivity contribution in [2.75, 3.05) is 13.2 Å². The molecule has 1 N–H and O–H groups in total. The van der Waals surface area contributed by atoms with E-state index in [1.807, 2.05) is 0 Å². The van der Waals surface area contributed by atoms with E-state index in [2.05, 4.69) is 0 Å². The van der Waals surface area contributed by atoms with Gasteiger partial charge < -0.3 is 5.11 Å². The number of halogens is 1. The first-order valence-corrected chi connectivity index (χ1v) is 8.26. The van der Waals surface area contributed by atoms with E-state index in [0.717, 1.165) is 12.5 Å². The summed E-state index contributed by atoms with van der Waals surface area (Å²) in [5.74, 6) is 0. The van der Waals surface area contributed by atoms with Gasteiger partial charge >= 0.3 is 0 Å². The van der Waals surface area contributed by atoms with Gasteiger partial charge in [-0.05, 0) is 25.0 Å². The zero-order chi connectivity index (χ0) is 15.6. The van der Waals surface area contributed by atoms with E-state index in [1.54, 1.807) is 0 Å². The van der Waals surface area contributed by atoms with E-state index in [1.165, 1.54) is 16.4 Å². The number of nitrogens with zero attached hydrogens (tertiary/aromatic N) is 2. The maximum atomic E-state index is 12.6. The van der Waals surface area contributed by atoms with Gasteiger partial charge in [0.15, 0.2) is 0 Å². The molecule has 0 bridgehead atoms. The van der Waals surface area contributed by atoms with Gasteiger partial charge in [0.05, 0.1) is 16.4 Å². The van der Waals surface area contributed by atoms with E-state index in [0.29, 0.717) is 19.4 Å². The van der Waals surface area contributed by atoms with Crippen molar-refractivity contribution in [3.63, 3.8) is 0 Å². The van der Waals surface area contributed by atoms with Crippen molar-refractivity contribution in [2.24, 2.45) is 0 Å². The van der Waals surface area contributed by atoms with Crippen molar-refractivity contribution >= 4 is 27.3 Å². The van der Waals surface area contributed by atoms with E-state index in [-0.39, 0.29) is 16.5 Å². The summed E-state index contributed by atoms with van der Waals surface area (Å²) in [6.45, 7) is 0.0267. The molecule has 1 atom stereocenters. The Balaban J connectivity index is 2.43. The van der Waals surface area contributed by atoms with Crippen LogP contribution in [0.4, 0.5) is 5.69 Å². The molecular formula is C12H15ClN2O5S. The lowest BCUT2D eigenvalue weighted by Gasteiger charge is -2.33. The third-order valence-corrected chi connectivity index (χ3v) is 5.77. The molecule has 1 aromatic carbocycles. The average Bonchev–Trinajstić information content (AvgIpc) is 2.47. The highest BCUT2D eigenvalue weighted by Gasteiger charge is 2.34. The third-order valence-electron chi connectivity index (χ3n) is 3.50. The van der Waals surface area contributed by atoms with Crippen LogP contribution in [0.25, 0.3) is 0 Å². The zero-order valence-electron chi connectivity index (χ0n) is 11.1. The van der Waals surface area contributed by atoms with Gasteiger partial charge in [0, 0.05) is 18.7 Å². The number of piperidine rings is 1. The summed E-state index contributed by atoms with van der Waals surface area (Å²) in [7, 11) is -3.89. The normalized spacial score (nSPS) is 20.4. The molecule has 1 aliphatic heterocycles. The van der Waals surface area contributed by atoms with Crippen molar-refractivity contribution in [2.45, 2.75) is 30.2 Å². The number of rotatable bonds is 4. The van der Waals surface area contributed by atoms with Crippen LogP contribution < -0.4 is 0 Å². The van der Waals surface area contributed by atoms with Crippen LogP contribution in [0.3, 0.4) is 0 Å². The predicted octanol–water partition coefficient (Wildman–Crippen LogP) is 1.78. The van der Waals surface area contributed by atoms with Gasteiger partial charge in [0.2, 0.25) is 10.0 Å². The summed E-state index contributed by atoms with van der Waals surface area (Å²) >= 11 is 5.69. The van der Waals surface area contributed by atoms with E-state index in [9.17, 15) is 23.6 Å². The zero-order valence-corrected chi connectivity index (χ0v) is 12.7. The van der Waals surface area contributed by atoms with Crippen LogP contribution in [0.1, 0.15) is 19.3 Å². The second-order valence-electron chi connectivity index (χ2n) is 4.82. The highest BCUT2D eigenvalue weighted by molar-refractivity contribution is 7.89. The Morgan fingerprint density at radius 3 is 2.76 bits per heavy atom. The van der Waals surface area contributed by atoms with Crippen molar-refractivity contribution in [3.8, 4) is 0 Å². The van der Waals surface area contributed by atoms with Gasteiger partial charge in [-0.25, -0.2) is 8.42 Å². The lowest BCUT2D eigenvalue weighted by atomic mass is 10.1. The maximum Gasteiger partial charge on any atom is 0.289 e. The number of aliphatic hydroxyl groups excluding tert-OH is 1. The number of nitro groups is 1. The molecule has 1 saturated heterocycles. The number of hydrogen-bond acceptors (Lipinski definition) is 5. The minimum Gasteiger partial charge on any atom is -0.395 e. The Labute approximate surface area is 127 Å². The Bertz CT molecular complexity index is 649. The van der Waals surface area contributed by atoms with Gasteiger partial charge in [0.1, 0.15) is 5.02 Å². The molecule has 1 aliphatic rings. The largest absolute Gasteiger partial charge is 0.395 e.